The summed E-state index contributed by atoms with van der Waals surface area (Å²) in [5.74, 6) is 0. The van der Waals surface area contributed by atoms with Gasteiger partial charge in [-0.1, -0.05) is 6.07 Å². The molecule has 0 amide bonds. The quantitative estimate of drug-likeness (QED) is 0.708. The number of unbranched alkanes of at least 4 members (excludes halogenated alkanes) is 1. The highest BCUT2D eigenvalue weighted by atomic mass is 79.9. The number of hydrogen-bond donors (Lipinski definition) is 1. The van der Waals surface area contributed by atoms with Gasteiger partial charge in [0.1, 0.15) is 0 Å². The number of halogens is 1. The van der Waals surface area contributed by atoms with Gasteiger partial charge >= 0.3 is 0 Å². The minimum atomic E-state index is -3.44. The molecule has 1 aromatic carbocycles. The van der Waals surface area contributed by atoms with Crippen LogP contribution in [0.1, 0.15) is 32.3 Å². The minimum Gasteiger partial charge on any atom is -0.304 e. The Morgan fingerprint density at radius 2 is 1.95 bits per heavy atom. The number of nitrogens with one attached hydrogen (secondary N) is 1. The monoisotopic (exact) mass is 376 g/mol. The molecule has 4 nitrogen and oxygen atoms in total. The highest BCUT2D eigenvalue weighted by Crippen LogP contribution is 2.22. The second-order valence-corrected chi connectivity index (χ2v) is 8.20. The fourth-order valence-corrected chi connectivity index (χ4v) is 4.12. The fraction of sp³-hybridized carbons (Fsp3) is 0.600. The van der Waals surface area contributed by atoms with Crippen molar-refractivity contribution < 1.29 is 8.42 Å². The first-order chi connectivity index (χ1) is 9.74. The summed E-state index contributed by atoms with van der Waals surface area (Å²) in [7, 11) is -1.35. The first-order valence-electron chi connectivity index (χ1n) is 7.20. The lowest BCUT2D eigenvalue weighted by molar-refractivity contribution is 0.268. The molecule has 0 aliphatic heterocycles. The van der Waals surface area contributed by atoms with Crippen molar-refractivity contribution >= 4 is 26.0 Å². The van der Waals surface area contributed by atoms with Gasteiger partial charge in [-0.05, 0) is 80.8 Å². The number of aryl methyl sites for hydroxylation is 1. The molecule has 120 valence electrons. The predicted octanol–water partition coefficient (Wildman–Crippen LogP) is 3.16. The molecular formula is C15H25BrN2O2S. The van der Waals surface area contributed by atoms with Gasteiger partial charge in [0.2, 0.25) is 10.0 Å². The van der Waals surface area contributed by atoms with E-state index >= 15 is 0 Å². The molecule has 0 aromatic heterocycles. The van der Waals surface area contributed by atoms with Crippen molar-refractivity contribution in [2.24, 2.45) is 0 Å². The van der Waals surface area contributed by atoms with Crippen LogP contribution in [0.2, 0.25) is 0 Å². The molecule has 0 fully saturated rings. The molecule has 21 heavy (non-hydrogen) atoms. The number of benzene rings is 1. The number of hydrogen-bond acceptors (Lipinski definition) is 3. The van der Waals surface area contributed by atoms with Gasteiger partial charge in [0.25, 0.3) is 0 Å². The smallest absolute Gasteiger partial charge is 0.241 e. The zero-order valence-electron chi connectivity index (χ0n) is 13.2. The lowest BCUT2D eigenvalue weighted by Gasteiger charge is -2.20. The van der Waals surface area contributed by atoms with E-state index in [0.29, 0.717) is 22.0 Å². The number of nitrogens with zero attached hydrogens (tertiary/aromatic N) is 1. The summed E-state index contributed by atoms with van der Waals surface area (Å²) in [6, 6.07) is 5.77. The standard InChI is InChI=1S/C15H25BrN2O2S/c1-12(2)18(4)10-6-5-9-17-21(19,20)15-8-7-13(3)11-14(15)16/h7-8,11-12,17H,5-6,9-10H2,1-4H3. The Morgan fingerprint density at radius 1 is 1.29 bits per heavy atom. The topological polar surface area (TPSA) is 49.4 Å². The van der Waals surface area contributed by atoms with Crippen LogP contribution in [0.25, 0.3) is 0 Å². The van der Waals surface area contributed by atoms with E-state index in [9.17, 15) is 8.42 Å². The third-order valence-corrected chi connectivity index (χ3v) is 5.93. The van der Waals surface area contributed by atoms with Crippen molar-refractivity contribution in [1.82, 2.24) is 9.62 Å². The fourth-order valence-electron chi connectivity index (χ4n) is 1.85. The van der Waals surface area contributed by atoms with E-state index in [1.165, 1.54) is 0 Å². The van der Waals surface area contributed by atoms with Crippen LogP contribution in [0, 0.1) is 6.92 Å². The van der Waals surface area contributed by atoms with Crippen molar-refractivity contribution in [1.29, 1.82) is 0 Å². The summed E-state index contributed by atoms with van der Waals surface area (Å²) in [6.07, 6.45) is 1.81. The number of rotatable bonds is 8. The van der Waals surface area contributed by atoms with E-state index in [1.54, 1.807) is 12.1 Å². The zero-order valence-corrected chi connectivity index (χ0v) is 15.6. The molecule has 0 saturated carbocycles. The molecule has 0 radical (unpaired) electrons. The maximum absolute atomic E-state index is 12.2. The first kappa shape index (κ1) is 18.6. The van der Waals surface area contributed by atoms with E-state index in [2.05, 4.69) is 46.4 Å². The van der Waals surface area contributed by atoms with Crippen LogP contribution >= 0.6 is 15.9 Å². The summed E-state index contributed by atoms with van der Waals surface area (Å²) in [4.78, 5) is 2.55. The van der Waals surface area contributed by atoms with Gasteiger partial charge in [-0.2, -0.15) is 0 Å². The van der Waals surface area contributed by atoms with Gasteiger partial charge in [0.05, 0.1) is 4.90 Å². The van der Waals surface area contributed by atoms with Crippen LogP contribution in [-0.2, 0) is 10.0 Å². The van der Waals surface area contributed by atoms with Crippen LogP contribution < -0.4 is 4.72 Å². The molecule has 6 heteroatoms. The van der Waals surface area contributed by atoms with E-state index in [-0.39, 0.29) is 0 Å². The molecule has 1 rings (SSSR count). The molecule has 0 aliphatic rings. The third kappa shape index (κ3) is 6.06. The van der Waals surface area contributed by atoms with Gasteiger partial charge in [-0.3, -0.25) is 0 Å². The van der Waals surface area contributed by atoms with Gasteiger partial charge in [0.15, 0.2) is 0 Å². The van der Waals surface area contributed by atoms with E-state index in [0.717, 1.165) is 24.9 Å². The Hall–Kier alpha value is -0.430. The van der Waals surface area contributed by atoms with Crippen LogP contribution in [0.3, 0.4) is 0 Å². The Balaban J connectivity index is 2.47. The maximum atomic E-state index is 12.2. The average Bonchev–Trinajstić information content (AvgIpc) is 2.37. The SMILES string of the molecule is Cc1ccc(S(=O)(=O)NCCCCN(C)C(C)C)c(Br)c1. The molecule has 0 unspecified atom stereocenters. The van der Waals surface area contributed by atoms with E-state index < -0.39 is 10.0 Å². The zero-order chi connectivity index (χ0) is 16.0. The third-order valence-electron chi connectivity index (χ3n) is 3.49. The molecule has 0 atom stereocenters. The molecular weight excluding hydrogens is 352 g/mol. The van der Waals surface area contributed by atoms with Crippen LogP contribution in [0.15, 0.2) is 27.6 Å². The van der Waals surface area contributed by atoms with E-state index in [4.69, 9.17) is 0 Å². The Labute approximate surface area is 137 Å². The summed E-state index contributed by atoms with van der Waals surface area (Å²) in [5.41, 5.74) is 1.03. The molecule has 0 heterocycles. The highest BCUT2D eigenvalue weighted by Gasteiger charge is 2.16. The first-order valence-corrected chi connectivity index (χ1v) is 9.47. The predicted molar refractivity (Wildman–Crippen MR) is 91.1 cm³/mol. The van der Waals surface area contributed by atoms with Gasteiger partial charge in [-0.15, -0.1) is 0 Å². The average molecular weight is 377 g/mol. The number of sulfonamides is 1. The Kier molecular flexibility index (Phi) is 7.33. The molecule has 0 aliphatic carbocycles. The van der Waals surface area contributed by atoms with Gasteiger partial charge in [-0.25, -0.2) is 13.1 Å². The Morgan fingerprint density at radius 3 is 2.52 bits per heavy atom. The largest absolute Gasteiger partial charge is 0.304 e. The van der Waals surface area contributed by atoms with Gasteiger partial charge < -0.3 is 4.90 Å². The summed E-state index contributed by atoms with van der Waals surface area (Å²) in [5, 5.41) is 0. The molecule has 0 spiro atoms. The summed E-state index contributed by atoms with van der Waals surface area (Å²) < 4.78 is 27.7. The van der Waals surface area contributed by atoms with Crippen LogP contribution in [0.5, 0.6) is 0 Å². The summed E-state index contributed by atoms with van der Waals surface area (Å²) >= 11 is 3.31. The summed E-state index contributed by atoms with van der Waals surface area (Å²) in [6.45, 7) is 7.68. The Bertz CT molecular complexity index is 559. The molecule has 1 aromatic rings. The van der Waals surface area contributed by atoms with Crippen molar-refractivity contribution in [2.75, 3.05) is 20.1 Å². The maximum Gasteiger partial charge on any atom is 0.241 e. The second-order valence-electron chi connectivity index (χ2n) is 5.61. The van der Waals surface area contributed by atoms with Crippen LogP contribution in [-0.4, -0.2) is 39.5 Å². The highest BCUT2D eigenvalue weighted by molar-refractivity contribution is 9.10. The molecule has 1 N–H and O–H groups in total. The minimum absolute atomic E-state index is 0.299. The lowest BCUT2D eigenvalue weighted by Crippen LogP contribution is -2.29. The van der Waals surface area contributed by atoms with Crippen molar-refractivity contribution in [3.05, 3.63) is 28.2 Å². The van der Waals surface area contributed by atoms with Crippen molar-refractivity contribution in [2.45, 2.75) is 44.6 Å². The molecule has 0 bridgehead atoms. The normalized spacial score (nSPS) is 12.3. The van der Waals surface area contributed by atoms with Crippen molar-refractivity contribution in [3.8, 4) is 0 Å². The second kappa shape index (κ2) is 8.27. The van der Waals surface area contributed by atoms with Gasteiger partial charge in [0, 0.05) is 17.1 Å². The molecule has 0 saturated heterocycles. The van der Waals surface area contributed by atoms with E-state index in [1.807, 2.05) is 13.0 Å². The van der Waals surface area contributed by atoms with Crippen molar-refractivity contribution in [3.63, 3.8) is 0 Å². The van der Waals surface area contributed by atoms with Crippen LogP contribution in [0.4, 0.5) is 0 Å². The lowest BCUT2D eigenvalue weighted by atomic mass is 10.2.